The zero-order valence-electron chi connectivity index (χ0n) is 41.7. The van der Waals surface area contributed by atoms with Gasteiger partial charge in [0.1, 0.15) is 23.2 Å². The van der Waals surface area contributed by atoms with E-state index < -0.39 is 20.2 Å². The van der Waals surface area contributed by atoms with Crippen LogP contribution in [-0.4, -0.2) is 88.4 Å². The predicted octanol–water partition coefficient (Wildman–Crippen LogP) is 11.1. The number of methoxy groups -OCH3 is 2. The number of amides is 2. The summed E-state index contributed by atoms with van der Waals surface area (Å²) in [5.74, 6) is 1.44. The summed E-state index contributed by atoms with van der Waals surface area (Å²) < 4.78 is 39.2. The Morgan fingerprint density at radius 1 is 0.643 bits per heavy atom. The van der Waals surface area contributed by atoms with Crippen molar-refractivity contribution < 1.29 is 37.6 Å². The van der Waals surface area contributed by atoms with Gasteiger partial charge in [-0.2, -0.15) is 5.26 Å². The molecule has 5 aromatic rings. The van der Waals surface area contributed by atoms with Crippen LogP contribution < -0.4 is 20.1 Å². The van der Waals surface area contributed by atoms with Gasteiger partial charge in [-0.25, -0.2) is 4.67 Å². The van der Waals surface area contributed by atoms with Crippen molar-refractivity contribution in [2.24, 2.45) is 0 Å². The maximum absolute atomic E-state index is 13.5. The van der Waals surface area contributed by atoms with Crippen molar-refractivity contribution in [3.05, 3.63) is 155 Å². The summed E-state index contributed by atoms with van der Waals surface area (Å²) in [6.45, 7) is 10.3. The van der Waals surface area contributed by atoms with Gasteiger partial charge in [0.15, 0.2) is 0 Å². The van der Waals surface area contributed by atoms with Gasteiger partial charge in [-0.3, -0.25) is 9.59 Å². The Balaban J connectivity index is 1.03. The molecule has 0 radical (unpaired) electrons. The van der Waals surface area contributed by atoms with Gasteiger partial charge in [-0.05, 0) is 117 Å². The number of fused-ring (bicyclic) bond motifs is 3. The number of carbonyl (C=O) groups excluding carboxylic acids is 2. The Labute approximate surface area is 416 Å². The number of hydrogen-bond donors (Lipinski definition) is 2. The third-order valence-electron chi connectivity index (χ3n) is 12.4. The topological polar surface area (TPSA) is 141 Å². The van der Waals surface area contributed by atoms with Crippen LogP contribution in [0.3, 0.4) is 0 Å². The second kappa shape index (κ2) is 27.7. The molecule has 0 spiro atoms. The lowest BCUT2D eigenvalue weighted by molar-refractivity contribution is -0.121. The Morgan fingerprint density at radius 3 is 1.63 bits per heavy atom. The summed E-state index contributed by atoms with van der Waals surface area (Å²) in [7, 11) is 1.67. The Hall–Kier alpha value is -5.64. The summed E-state index contributed by atoms with van der Waals surface area (Å²) in [5, 5.41) is 15.4. The van der Waals surface area contributed by atoms with Crippen LogP contribution >= 0.6 is 8.53 Å². The molecule has 0 fully saturated rings. The van der Waals surface area contributed by atoms with Crippen LogP contribution in [-0.2, 0) is 33.7 Å². The number of carbonyl (C=O) groups is 2. The molecule has 12 nitrogen and oxygen atoms in total. The number of unbranched alkanes of at least 4 members (excludes halogenated alkanes) is 2. The minimum absolute atomic E-state index is 0.0793. The van der Waals surface area contributed by atoms with Crippen LogP contribution in [0.1, 0.15) is 106 Å². The molecule has 0 saturated heterocycles. The minimum Gasteiger partial charge on any atom is -0.497 e. The van der Waals surface area contributed by atoms with Crippen molar-refractivity contribution in [1.82, 2.24) is 15.3 Å². The molecule has 0 saturated carbocycles. The van der Waals surface area contributed by atoms with Crippen molar-refractivity contribution in [1.29, 1.82) is 5.26 Å². The summed E-state index contributed by atoms with van der Waals surface area (Å²) in [4.78, 5) is 26.8. The average Bonchev–Trinajstić information content (AvgIpc) is 3.70. The fraction of sp³-hybridized carbons (Fsp3) is 0.421. The summed E-state index contributed by atoms with van der Waals surface area (Å²) in [6, 6.07) is 45.3. The Bertz CT molecular complexity index is 2310. The highest BCUT2D eigenvalue weighted by Crippen LogP contribution is 2.48. The van der Waals surface area contributed by atoms with E-state index in [2.05, 4.69) is 110 Å². The van der Waals surface area contributed by atoms with Gasteiger partial charge in [0.2, 0.25) is 11.8 Å². The zero-order chi connectivity index (χ0) is 49.7. The van der Waals surface area contributed by atoms with Gasteiger partial charge in [0.25, 0.3) is 8.53 Å². The van der Waals surface area contributed by atoms with Gasteiger partial charge < -0.3 is 38.6 Å². The van der Waals surface area contributed by atoms with E-state index in [4.69, 9.17) is 28.0 Å². The molecule has 0 aliphatic heterocycles. The van der Waals surface area contributed by atoms with Gasteiger partial charge in [0.05, 0.1) is 39.9 Å². The van der Waals surface area contributed by atoms with Gasteiger partial charge >= 0.3 is 0 Å². The number of ether oxygens (including phenoxy) is 4. The molecule has 372 valence electrons. The van der Waals surface area contributed by atoms with E-state index in [-0.39, 0.29) is 62.4 Å². The first-order chi connectivity index (χ1) is 34.1. The van der Waals surface area contributed by atoms with Gasteiger partial charge in [-0.15, -0.1) is 0 Å². The smallest absolute Gasteiger partial charge is 0.259 e. The minimum atomic E-state index is -1.63. The van der Waals surface area contributed by atoms with Crippen LogP contribution in [0.5, 0.6) is 11.5 Å². The largest absolute Gasteiger partial charge is 0.497 e. The van der Waals surface area contributed by atoms with Crippen LogP contribution in [0, 0.1) is 11.3 Å². The first-order valence-electron chi connectivity index (χ1n) is 24.6. The summed E-state index contributed by atoms with van der Waals surface area (Å²) in [5.41, 5.74) is 7.02. The Morgan fingerprint density at radius 2 is 1.13 bits per heavy atom. The molecule has 0 aromatic heterocycles. The highest BCUT2D eigenvalue weighted by atomic mass is 31.2. The van der Waals surface area contributed by atoms with Gasteiger partial charge in [0, 0.05) is 57.1 Å². The highest BCUT2D eigenvalue weighted by molar-refractivity contribution is 7.44. The molecule has 0 heterocycles. The lowest BCUT2D eigenvalue weighted by Gasteiger charge is -2.37. The van der Waals surface area contributed by atoms with E-state index >= 15 is 0 Å². The molecule has 2 amide bonds. The van der Waals surface area contributed by atoms with E-state index in [0.29, 0.717) is 45.5 Å². The van der Waals surface area contributed by atoms with Crippen molar-refractivity contribution in [2.75, 3.05) is 53.7 Å². The summed E-state index contributed by atoms with van der Waals surface area (Å²) in [6.07, 6.45) is 2.83. The molecule has 70 heavy (non-hydrogen) atoms. The molecule has 1 aliphatic rings. The van der Waals surface area contributed by atoms with Crippen LogP contribution in [0.25, 0.3) is 11.1 Å². The van der Waals surface area contributed by atoms with E-state index in [1.807, 2.05) is 66.7 Å². The lowest BCUT2D eigenvalue weighted by atomic mass is 9.80. The zero-order valence-corrected chi connectivity index (χ0v) is 42.6. The van der Waals surface area contributed by atoms with Crippen molar-refractivity contribution in [2.45, 2.75) is 102 Å². The van der Waals surface area contributed by atoms with E-state index in [9.17, 15) is 14.9 Å². The molecule has 2 unspecified atom stereocenters. The number of benzene rings is 5. The Kier molecular flexibility index (Phi) is 21.2. The first kappa shape index (κ1) is 53.7. The van der Waals surface area contributed by atoms with Crippen molar-refractivity contribution in [3.8, 4) is 28.7 Å². The molecule has 13 heteroatoms. The predicted molar refractivity (Wildman–Crippen MR) is 277 cm³/mol. The second-order valence-electron chi connectivity index (χ2n) is 18.0. The third-order valence-corrected chi connectivity index (χ3v) is 14.6. The highest BCUT2D eigenvalue weighted by Gasteiger charge is 2.38. The molecule has 0 bridgehead atoms. The molecular formula is C57H71N4O8P. The fourth-order valence-corrected chi connectivity index (χ4v) is 10.7. The maximum Gasteiger partial charge on any atom is 0.259 e. The van der Waals surface area contributed by atoms with E-state index in [0.717, 1.165) is 34.6 Å². The lowest BCUT2D eigenvalue weighted by Crippen LogP contribution is -2.43. The van der Waals surface area contributed by atoms with Crippen LogP contribution in [0.15, 0.2) is 127 Å². The fourth-order valence-electron chi connectivity index (χ4n) is 9.02. The maximum atomic E-state index is 13.5. The van der Waals surface area contributed by atoms with E-state index in [1.54, 1.807) is 14.2 Å². The van der Waals surface area contributed by atoms with E-state index in [1.165, 1.54) is 22.3 Å². The van der Waals surface area contributed by atoms with Crippen molar-refractivity contribution in [3.63, 3.8) is 0 Å². The number of nitrogens with zero attached hydrogens (tertiary/aromatic N) is 2. The molecular weight excluding hydrogens is 900 g/mol. The molecule has 1 aliphatic carbocycles. The number of hydrogen-bond acceptors (Lipinski definition) is 10. The first-order valence-corrected chi connectivity index (χ1v) is 25.8. The standard InChI is InChI=1S/C57H71N4O8P/c1-42(2)61(43(3)4)70(68-38-18-35-58)69-49(39-59-55(62)25-14-16-36-66-41-54-52-23-12-10-21-50(52)51-22-11-13-24-53(51)54)40-60-56(63)26-15-17-37-67-57(44-19-8-7-9-20-44,45-27-31-47(64-5)32-28-45)46-29-33-48(65-6)34-30-46/h7-13,19-24,27-34,42-43,49,54H,14-18,25-26,36-41H2,1-6H3,(H,59,62)(H,60,63). The molecule has 5 aromatic carbocycles. The van der Waals surface area contributed by atoms with Crippen LogP contribution in [0.2, 0.25) is 0 Å². The third kappa shape index (κ3) is 14.5. The molecule has 6 rings (SSSR count). The number of rotatable bonds is 30. The normalized spacial score (nSPS) is 13.1. The number of nitriles is 1. The number of nitrogens with one attached hydrogen (secondary N) is 2. The second-order valence-corrected chi connectivity index (χ2v) is 19.4. The van der Waals surface area contributed by atoms with Gasteiger partial charge in [-0.1, -0.05) is 103 Å². The summed E-state index contributed by atoms with van der Waals surface area (Å²) >= 11 is 0. The van der Waals surface area contributed by atoms with Crippen LogP contribution in [0.4, 0.5) is 0 Å². The molecule has 2 atom stereocenters. The average molecular weight is 971 g/mol. The van der Waals surface area contributed by atoms with Crippen molar-refractivity contribution >= 4 is 20.3 Å². The monoisotopic (exact) mass is 971 g/mol. The SMILES string of the molecule is COc1ccc(C(OCCCCC(=O)NCC(CNC(=O)CCCCOCC2c3ccccc3-c3ccccc32)OP(OCCC#N)N(C(C)C)C(C)C)(c2ccccc2)c2ccc(OC)cc2)cc1. The quantitative estimate of drug-likeness (QED) is 0.0260. The molecule has 2 N–H and O–H groups in total.